The van der Waals surface area contributed by atoms with E-state index in [1.54, 1.807) is 18.2 Å². The standard InChI is InChI=1S/C16H25N3O4/c1-10(2)18-15(20)9-23-13-6-5-12(7-14(13)22-4)16(21)19-11(3)8-17/h5-7,10-11H,8-9,17H2,1-4H3,(H,18,20)(H,19,21)/t11-/m0/s1. The van der Waals surface area contributed by atoms with Gasteiger partial charge in [-0.2, -0.15) is 0 Å². The molecule has 2 amide bonds. The molecular weight excluding hydrogens is 298 g/mol. The van der Waals surface area contributed by atoms with Crippen molar-refractivity contribution >= 4 is 11.8 Å². The molecule has 0 aliphatic rings. The van der Waals surface area contributed by atoms with E-state index in [9.17, 15) is 9.59 Å². The summed E-state index contributed by atoms with van der Waals surface area (Å²) in [6.07, 6.45) is 0. The Hall–Kier alpha value is -2.28. The number of rotatable bonds is 8. The summed E-state index contributed by atoms with van der Waals surface area (Å²) >= 11 is 0. The highest BCUT2D eigenvalue weighted by Gasteiger charge is 2.14. The Morgan fingerprint density at radius 2 is 1.87 bits per heavy atom. The summed E-state index contributed by atoms with van der Waals surface area (Å²) in [4.78, 5) is 23.7. The minimum atomic E-state index is -0.245. The summed E-state index contributed by atoms with van der Waals surface area (Å²) in [7, 11) is 1.47. The van der Waals surface area contributed by atoms with Crippen molar-refractivity contribution in [3.63, 3.8) is 0 Å². The Bertz CT molecular complexity index is 546. The molecule has 0 spiro atoms. The molecule has 128 valence electrons. The van der Waals surface area contributed by atoms with Crippen molar-refractivity contribution in [2.75, 3.05) is 20.3 Å². The van der Waals surface area contributed by atoms with Crippen LogP contribution in [0.2, 0.25) is 0 Å². The van der Waals surface area contributed by atoms with Crippen molar-refractivity contribution in [2.24, 2.45) is 5.73 Å². The molecular formula is C16H25N3O4. The Morgan fingerprint density at radius 3 is 2.43 bits per heavy atom. The van der Waals surface area contributed by atoms with E-state index in [0.717, 1.165) is 0 Å². The van der Waals surface area contributed by atoms with Gasteiger partial charge in [0.2, 0.25) is 0 Å². The molecule has 0 fully saturated rings. The molecule has 0 saturated carbocycles. The highest BCUT2D eigenvalue weighted by atomic mass is 16.5. The molecule has 7 heteroatoms. The average molecular weight is 323 g/mol. The smallest absolute Gasteiger partial charge is 0.258 e. The summed E-state index contributed by atoms with van der Waals surface area (Å²) in [5.41, 5.74) is 5.92. The van der Waals surface area contributed by atoms with E-state index < -0.39 is 0 Å². The highest BCUT2D eigenvalue weighted by molar-refractivity contribution is 5.95. The van der Waals surface area contributed by atoms with Crippen LogP contribution in [0, 0.1) is 0 Å². The maximum Gasteiger partial charge on any atom is 0.258 e. The van der Waals surface area contributed by atoms with Crippen molar-refractivity contribution in [3.8, 4) is 11.5 Å². The van der Waals surface area contributed by atoms with Gasteiger partial charge in [0.25, 0.3) is 11.8 Å². The van der Waals surface area contributed by atoms with E-state index in [0.29, 0.717) is 23.6 Å². The Labute approximate surface area is 136 Å². The van der Waals surface area contributed by atoms with E-state index in [1.165, 1.54) is 7.11 Å². The third kappa shape index (κ3) is 6.15. The molecule has 1 rings (SSSR count). The molecule has 0 aliphatic carbocycles. The molecule has 7 nitrogen and oxygen atoms in total. The van der Waals surface area contributed by atoms with Crippen LogP contribution < -0.4 is 25.8 Å². The second-order valence-electron chi connectivity index (χ2n) is 5.49. The maximum atomic E-state index is 12.1. The predicted octanol–water partition coefficient (Wildman–Crippen LogP) is 0.676. The molecule has 0 radical (unpaired) electrons. The first-order valence-corrected chi connectivity index (χ1v) is 7.48. The lowest BCUT2D eigenvalue weighted by Gasteiger charge is -2.14. The van der Waals surface area contributed by atoms with E-state index in [4.69, 9.17) is 15.2 Å². The second-order valence-corrected chi connectivity index (χ2v) is 5.49. The van der Waals surface area contributed by atoms with Crippen LogP contribution >= 0.6 is 0 Å². The van der Waals surface area contributed by atoms with Crippen LogP contribution in [0.5, 0.6) is 11.5 Å². The average Bonchev–Trinajstić information content (AvgIpc) is 2.51. The van der Waals surface area contributed by atoms with Crippen molar-refractivity contribution in [3.05, 3.63) is 23.8 Å². The second kappa shape index (κ2) is 8.99. The lowest BCUT2D eigenvalue weighted by Crippen LogP contribution is -2.37. The zero-order chi connectivity index (χ0) is 17.4. The first kappa shape index (κ1) is 18.8. The topological polar surface area (TPSA) is 103 Å². The van der Waals surface area contributed by atoms with Crippen LogP contribution in [0.15, 0.2) is 18.2 Å². The van der Waals surface area contributed by atoms with Gasteiger partial charge in [0, 0.05) is 24.2 Å². The molecule has 0 bridgehead atoms. The molecule has 1 atom stereocenters. The molecule has 23 heavy (non-hydrogen) atoms. The number of methoxy groups -OCH3 is 1. The number of carbonyl (C=O) groups excluding carboxylic acids is 2. The number of hydrogen-bond donors (Lipinski definition) is 3. The van der Waals surface area contributed by atoms with Gasteiger partial charge in [0.15, 0.2) is 18.1 Å². The van der Waals surface area contributed by atoms with Gasteiger partial charge in [-0.05, 0) is 39.0 Å². The number of nitrogens with one attached hydrogen (secondary N) is 2. The Balaban J connectivity index is 2.76. The lowest BCUT2D eigenvalue weighted by atomic mass is 10.1. The molecule has 0 aromatic heterocycles. The van der Waals surface area contributed by atoms with Crippen molar-refractivity contribution in [2.45, 2.75) is 32.9 Å². The number of carbonyl (C=O) groups is 2. The van der Waals surface area contributed by atoms with Gasteiger partial charge in [-0.15, -0.1) is 0 Å². The number of ether oxygens (including phenoxy) is 2. The Morgan fingerprint density at radius 1 is 1.17 bits per heavy atom. The van der Waals surface area contributed by atoms with Gasteiger partial charge in [0.05, 0.1) is 7.11 Å². The lowest BCUT2D eigenvalue weighted by molar-refractivity contribution is -0.123. The summed E-state index contributed by atoms with van der Waals surface area (Å²) in [5.74, 6) is 0.316. The van der Waals surface area contributed by atoms with Gasteiger partial charge in [-0.3, -0.25) is 9.59 Å². The molecule has 0 aliphatic heterocycles. The molecule has 1 aromatic carbocycles. The molecule has 0 unspecified atom stereocenters. The minimum Gasteiger partial charge on any atom is -0.493 e. The van der Waals surface area contributed by atoms with Crippen LogP contribution in [0.1, 0.15) is 31.1 Å². The van der Waals surface area contributed by atoms with Crippen molar-refractivity contribution in [1.82, 2.24) is 10.6 Å². The fourth-order valence-corrected chi connectivity index (χ4v) is 1.80. The molecule has 0 saturated heterocycles. The fourth-order valence-electron chi connectivity index (χ4n) is 1.80. The van der Waals surface area contributed by atoms with Gasteiger partial charge >= 0.3 is 0 Å². The van der Waals surface area contributed by atoms with E-state index in [1.807, 2.05) is 20.8 Å². The van der Waals surface area contributed by atoms with Crippen LogP contribution in [0.25, 0.3) is 0 Å². The van der Waals surface area contributed by atoms with Crippen LogP contribution in [0.4, 0.5) is 0 Å². The number of nitrogens with two attached hydrogens (primary N) is 1. The van der Waals surface area contributed by atoms with Crippen LogP contribution in [0.3, 0.4) is 0 Å². The molecule has 1 aromatic rings. The Kier molecular flexibility index (Phi) is 7.34. The minimum absolute atomic E-state index is 0.0450. The van der Waals surface area contributed by atoms with Crippen LogP contribution in [-0.4, -0.2) is 44.2 Å². The first-order valence-electron chi connectivity index (χ1n) is 7.48. The highest BCUT2D eigenvalue weighted by Crippen LogP contribution is 2.28. The zero-order valence-electron chi connectivity index (χ0n) is 14.0. The summed E-state index contributed by atoms with van der Waals surface area (Å²) in [5, 5.41) is 5.49. The molecule has 4 N–H and O–H groups in total. The van der Waals surface area contributed by atoms with E-state index >= 15 is 0 Å². The van der Waals surface area contributed by atoms with E-state index in [2.05, 4.69) is 10.6 Å². The predicted molar refractivity (Wildman–Crippen MR) is 87.8 cm³/mol. The van der Waals surface area contributed by atoms with Crippen molar-refractivity contribution in [1.29, 1.82) is 0 Å². The quantitative estimate of drug-likeness (QED) is 0.653. The number of hydrogen-bond acceptors (Lipinski definition) is 5. The van der Waals surface area contributed by atoms with Crippen molar-refractivity contribution < 1.29 is 19.1 Å². The van der Waals surface area contributed by atoms with E-state index in [-0.39, 0.29) is 30.5 Å². The molecule has 0 heterocycles. The SMILES string of the molecule is COc1cc(C(=O)N[C@@H](C)CN)ccc1OCC(=O)NC(C)C. The van der Waals surface area contributed by atoms with Gasteiger partial charge in [-0.25, -0.2) is 0 Å². The fraction of sp³-hybridized carbons (Fsp3) is 0.500. The van der Waals surface area contributed by atoms with Gasteiger partial charge in [-0.1, -0.05) is 0 Å². The summed E-state index contributed by atoms with van der Waals surface area (Å²) in [6.45, 7) is 5.79. The first-order chi connectivity index (χ1) is 10.9. The number of amides is 2. The largest absolute Gasteiger partial charge is 0.493 e. The zero-order valence-corrected chi connectivity index (χ0v) is 14.0. The third-order valence-corrected chi connectivity index (χ3v) is 2.97. The maximum absolute atomic E-state index is 12.1. The van der Waals surface area contributed by atoms with Gasteiger partial charge < -0.3 is 25.8 Å². The number of benzene rings is 1. The normalized spacial score (nSPS) is 11.7. The van der Waals surface area contributed by atoms with Crippen LogP contribution in [-0.2, 0) is 4.79 Å². The van der Waals surface area contributed by atoms with Gasteiger partial charge in [0.1, 0.15) is 0 Å². The summed E-state index contributed by atoms with van der Waals surface area (Å²) in [6, 6.07) is 4.70. The summed E-state index contributed by atoms with van der Waals surface area (Å²) < 4.78 is 10.7. The monoisotopic (exact) mass is 323 g/mol. The third-order valence-electron chi connectivity index (χ3n) is 2.97.